The molecule has 7 nitrogen and oxygen atoms in total. The first-order chi connectivity index (χ1) is 18.0. The lowest BCUT2D eigenvalue weighted by Crippen LogP contribution is -2.16. The van der Waals surface area contributed by atoms with E-state index in [4.69, 9.17) is 16.3 Å². The highest BCUT2D eigenvalue weighted by Gasteiger charge is 2.25. The molecule has 2 aromatic carbocycles. The number of hydrogen-bond acceptors (Lipinski definition) is 6. The smallest absolute Gasteiger partial charge is 0.262 e. The molecule has 0 aliphatic carbocycles. The van der Waals surface area contributed by atoms with Crippen molar-refractivity contribution in [3.8, 4) is 5.75 Å². The molecule has 186 valence electrons. The van der Waals surface area contributed by atoms with Gasteiger partial charge in [0.25, 0.3) is 5.91 Å². The zero-order chi connectivity index (χ0) is 25.9. The molecule has 9 heteroatoms. The molecule has 1 N–H and O–H groups in total. The molecule has 3 heterocycles. The lowest BCUT2D eigenvalue weighted by Gasteiger charge is -2.13. The molecule has 5 rings (SSSR count). The number of nitrogens with one attached hydrogen (secondary N) is 1. The molecular weight excluding hydrogens is 508 g/mol. The van der Waals surface area contributed by atoms with E-state index in [9.17, 15) is 9.59 Å². The molecule has 3 aromatic heterocycles. The maximum absolute atomic E-state index is 13.7. The summed E-state index contributed by atoms with van der Waals surface area (Å²) in [6, 6.07) is 14.4. The monoisotopic (exact) mass is 530 g/mol. The number of rotatable bonds is 7. The Morgan fingerprint density at radius 1 is 1.03 bits per heavy atom. The van der Waals surface area contributed by atoms with Crippen molar-refractivity contribution in [1.82, 2.24) is 14.5 Å². The fourth-order valence-electron chi connectivity index (χ4n) is 4.52. The number of methoxy groups -OCH3 is 1. The molecule has 0 spiro atoms. The number of fused-ring (bicyclic) bond motifs is 1. The first kappa shape index (κ1) is 24.7. The van der Waals surface area contributed by atoms with Crippen molar-refractivity contribution in [3.63, 3.8) is 0 Å². The van der Waals surface area contributed by atoms with E-state index in [2.05, 4.69) is 15.3 Å². The van der Waals surface area contributed by atoms with Crippen LogP contribution in [0.4, 0.5) is 5.13 Å². The number of carbonyl (C=O) groups excluding carboxylic acids is 2. The summed E-state index contributed by atoms with van der Waals surface area (Å²) in [6.07, 6.45) is 5.73. The molecule has 0 aliphatic heterocycles. The van der Waals surface area contributed by atoms with Gasteiger partial charge < -0.3 is 10.1 Å². The van der Waals surface area contributed by atoms with Crippen LogP contribution in [0.5, 0.6) is 5.75 Å². The minimum absolute atomic E-state index is 0.0688. The number of thiazole rings is 1. The van der Waals surface area contributed by atoms with Gasteiger partial charge in [0.2, 0.25) is 5.91 Å². The predicted octanol–water partition coefficient (Wildman–Crippen LogP) is 5.92. The standard InChI is InChI=1S/C28H23ClN4O3S/c1-17-21(16-25(34)32-28-31-13-14-37-28)26-22(15-18-9-11-30-12-10-18)24(36-2)8-7-23(26)33(17)27(35)19-3-5-20(29)6-4-19/h3-14H,15-16H2,1-2H3,(H,31,32,34). The molecule has 37 heavy (non-hydrogen) atoms. The average molecular weight is 531 g/mol. The normalized spacial score (nSPS) is 11.0. The van der Waals surface area contributed by atoms with Gasteiger partial charge in [0.05, 0.1) is 19.0 Å². The SMILES string of the molecule is COc1ccc2c(c1Cc1ccncc1)c(CC(=O)Nc1nccs1)c(C)n2C(=O)c1ccc(Cl)cc1. The summed E-state index contributed by atoms with van der Waals surface area (Å²) >= 11 is 7.40. The van der Waals surface area contributed by atoms with Crippen LogP contribution in [0.3, 0.4) is 0 Å². The molecular formula is C28H23ClN4O3S. The molecule has 1 amide bonds. The third kappa shape index (κ3) is 4.98. The number of nitrogens with zero attached hydrogens (tertiary/aromatic N) is 3. The van der Waals surface area contributed by atoms with Crippen molar-refractivity contribution in [1.29, 1.82) is 0 Å². The van der Waals surface area contributed by atoms with Gasteiger partial charge in [0.15, 0.2) is 5.13 Å². The Hall–Kier alpha value is -4.01. The average Bonchev–Trinajstić information content (AvgIpc) is 3.51. The number of pyridine rings is 1. The van der Waals surface area contributed by atoms with Crippen LogP contribution in [0.15, 0.2) is 72.5 Å². The van der Waals surface area contributed by atoms with Gasteiger partial charge in [-0.2, -0.15) is 0 Å². The van der Waals surface area contributed by atoms with Crippen LogP contribution in [0.25, 0.3) is 10.9 Å². The maximum Gasteiger partial charge on any atom is 0.262 e. The van der Waals surface area contributed by atoms with Gasteiger partial charge in [-0.25, -0.2) is 4.98 Å². The number of anilines is 1. The van der Waals surface area contributed by atoms with Gasteiger partial charge in [0, 0.05) is 57.6 Å². The molecule has 0 saturated carbocycles. The Labute approximate surface area is 222 Å². The highest BCUT2D eigenvalue weighted by Crippen LogP contribution is 2.37. The third-order valence-corrected chi connectivity index (χ3v) is 7.16. The van der Waals surface area contributed by atoms with Crippen LogP contribution in [0, 0.1) is 6.92 Å². The minimum Gasteiger partial charge on any atom is -0.496 e. The summed E-state index contributed by atoms with van der Waals surface area (Å²) in [5, 5.41) is 6.56. The van der Waals surface area contributed by atoms with Gasteiger partial charge in [-0.3, -0.25) is 19.1 Å². The Morgan fingerprint density at radius 3 is 2.46 bits per heavy atom. The van der Waals surface area contributed by atoms with E-state index in [1.54, 1.807) is 59.9 Å². The fourth-order valence-corrected chi connectivity index (χ4v) is 5.19. The van der Waals surface area contributed by atoms with Gasteiger partial charge >= 0.3 is 0 Å². The van der Waals surface area contributed by atoms with Gasteiger partial charge in [-0.15, -0.1) is 11.3 Å². The van der Waals surface area contributed by atoms with Crippen LogP contribution in [-0.2, 0) is 17.6 Å². The van der Waals surface area contributed by atoms with Crippen molar-refractivity contribution < 1.29 is 14.3 Å². The van der Waals surface area contributed by atoms with E-state index in [1.807, 2.05) is 31.2 Å². The van der Waals surface area contributed by atoms with Crippen molar-refractivity contribution >= 4 is 50.8 Å². The van der Waals surface area contributed by atoms with Crippen LogP contribution in [-0.4, -0.2) is 33.5 Å². The van der Waals surface area contributed by atoms with E-state index in [0.29, 0.717) is 39.1 Å². The van der Waals surface area contributed by atoms with Crippen LogP contribution < -0.4 is 10.1 Å². The zero-order valence-corrected chi connectivity index (χ0v) is 21.8. The summed E-state index contributed by atoms with van der Waals surface area (Å²) in [7, 11) is 1.62. The number of aromatic nitrogens is 3. The Kier molecular flexibility index (Phi) is 7.03. The summed E-state index contributed by atoms with van der Waals surface area (Å²) in [5.41, 5.74) is 4.58. The van der Waals surface area contributed by atoms with Gasteiger partial charge in [0.1, 0.15) is 5.75 Å². The number of halogens is 1. The molecule has 0 atom stereocenters. The lowest BCUT2D eigenvalue weighted by atomic mass is 9.96. The molecule has 0 fully saturated rings. The maximum atomic E-state index is 13.7. The number of carbonyl (C=O) groups is 2. The minimum atomic E-state index is -0.214. The molecule has 0 bridgehead atoms. The summed E-state index contributed by atoms with van der Waals surface area (Å²) in [4.78, 5) is 35.1. The van der Waals surface area contributed by atoms with E-state index in [0.717, 1.165) is 22.1 Å². The Balaban J connectivity index is 1.69. The van der Waals surface area contributed by atoms with Crippen molar-refractivity contribution in [3.05, 3.63) is 105 Å². The number of benzene rings is 2. The second-order valence-corrected chi connectivity index (χ2v) is 9.78. The summed E-state index contributed by atoms with van der Waals surface area (Å²) in [6.45, 7) is 1.86. The van der Waals surface area contributed by atoms with E-state index in [-0.39, 0.29) is 18.2 Å². The zero-order valence-electron chi connectivity index (χ0n) is 20.2. The second-order valence-electron chi connectivity index (χ2n) is 8.45. The number of hydrogen-bond donors (Lipinski definition) is 1. The molecule has 0 unspecified atom stereocenters. The number of ether oxygens (including phenoxy) is 1. The molecule has 0 radical (unpaired) electrons. The fraction of sp³-hybridized carbons (Fsp3) is 0.143. The van der Waals surface area contributed by atoms with Crippen molar-refractivity contribution in [2.24, 2.45) is 0 Å². The summed E-state index contributed by atoms with van der Waals surface area (Å²) < 4.78 is 7.41. The summed E-state index contributed by atoms with van der Waals surface area (Å²) in [5.74, 6) is 0.265. The van der Waals surface area contributed by atoms with Crippen molar-refractivity contribution in [2.75, 3.05) is 12.4 Å². The van der Waals surface area contributed by atoms with Crippen LogP contribution in [0.1, 0.15) is 32.7 Å². The predicted molar refractivity (Wildman–Crippen MR) is 146 cm³/mol. The first-order valence-corrected chi connectivity index (χ1v) is 12.8. The van der Waals surface area contributed by atoms with Gasteiger partial charge in [-0.1, -0.05) is 11.6 Å². The van der Waals surface area contributed by atoms with Crippen LogP contribution in [0.2, 0.25) is 5.02 Å². The van der Waals surface area contributed by atoms with Gasteiger partial charge in [-0.05, 0) is 66.6 Å². The Morgan fingerprint density at radius 2 is 1.78 bits per heavy atom. The first-order valence-electron chi connectivity index (χ1n) is 11.5. The highest BCUT2D eigenvalue weighted by molar-refractivity contribution is 7.13. The quantitative estimate of drug-likeness (QED) is 0.282. The molecule has 5 aromatic rings. The van der Waals surface area contributed by atoms with E-state index >= 15 is 0 Å². The highest BCUT2D eigenvalue weighted by atomic mass is 35.5. The van der Waals surface area contributed by atoms with Crippen LogP contribution >= 0.6 is 22.9 Å². The van der Waals surface area contributed by atoms with E-state index in [1.165, 1.54) is 11.3 Å². The molecule has 0 aliphatic rings. The molecule has 0 saturated heterocycles. The van der Waals surface area contributed by atoms with Crippen molar-refractivity contribution in [2.45, 2.75) is 19.8 Å². The third-order valence-electron chi connectivity index (χ3n) is 6.22. The second kappa shape index (κ2) is 10.5. The Bertz CT molecular complexity index is 1580. The van der Waals surface area contributed by atoms with E-state index < -0.39 is 0 Å². The largest absolute Gasteiger partial charge is 0.496 e. The lowest BCUT2D eigenvalue weighted by molar-refractivity contribution is -0.115. The number of amides is 1. The topological polar surface area (TPSA) is 86.1 Å².